The fourth-order valence-electron chi connectivity index (χ4n) is 3.41. The van der Waals surface area contributed by atoms with Crippen LogP contribution < -0.4 is 5.32 Å². The van der Waals surface area contributed by atoms with Crippen molar-refractivity contribution in [3.05, 3.63) is 66.1 Å². The lowest BCUT2D eigenvalue weighted by Crippen LogP contribution is -2.45. The van der Waals surface area contributed by atoms with Crippen LogP contribution in [0.15, 0.2) is 55.0 Å². The topological polar surface area (TPSA) is 99.7 Å². The van der Waals surface area contributed by atoms with Gasteiger partial charge in [0.2, 0.25) is 0 Å². The van der Waals surface area contributed by atoms with Gasteiger partial charge in [-0.25, -0.2) is 4.98 Å². The number of likely N-dealkylation sites (tertiary alicyclic amines) is 1. The Morgan fingerprint density at radius 1 is 1.18 bits per heavy atom. The van der Waals surface area contributed by atoms with E-state index in [1.165, 1.54) is 4.80 Å². The van der Waals surface area contributed by atoms with E-state index >= 15 is 0 Å². The maximum absolute atomic E-state index is 13.2. The van der Waals surface area contributed by atoms with Gasteiger partial charge in [-0.15, -0.1) is 0 Å². The summed E-state index contributed by atoms with van der Waals surface area (Å²) >= 11 is 0. The molecular weight excluding hydrogens is 354 g/mol. The van der Waals surface area contributed by atoms with Gasteiger partial charge in [-0.05, 0) is 37.1 Å². The number of para-hydroxylation sites is 1. The monoisotopic (exact) mass is 373 g/mol. The summed E-state index contributed by atoms with van der Waals surface area (Å²) in [6, 6.07) is 12.9. The zero-order chi connectivity index (χ0) is 19.3. The SMILES string of the molecule is N#Cc1ccnc(N[C@@H]2CCCN(C(=O)c3ccccc3-n3nccn3)C2)c1. The lowest BCUT2D eigenvalue weighted by Gasteiger charge is -2.33. The number of pyridine rings is 1. The summed E-state index contributed by atoms with van der Waals surface area (Å²) in [6.45, 7) is 1.27. The third-order valence-electron chi connectivity index (χ3n) is 4.72. The molecule has 3 heterocycles. The van der Waals surface area contributed by atoms with Crippen LogP contribution in [0.5, 0.6) is 0 Å². The maximum atomic E-state index is 13.2. The second-order valence-electron chi connectivity index (χ2n) is 6.61. The summed E-state index contributed by atoms with van der Waals surface area (Å²) < 4.78 is 0. The molecule has 1 aliphatic rings. The Morgan fingerprint density at radius 2 is 2.00 bits per heavy atom. The zero-order valence-corrected chi connectivity index (χ0v) is 15.2. The molecule has 0 aliphatic carbocycles. The summed E-state index contributed by atoms with van der Waals surface area (Å²) in [5.41, 5.74) is 1.79. The summed E-state index contributed by atoms with van der Waals surface area (Å²) in [6.07, 6.45) is 6.61. The lowest BCUT2D eigenvalue weighted by molar-refractivity contribution is 0.0714. The first-order chi connectivity index (χ1) is 13.7. The van der Waals surface area contributed by atoms with Gasteiger partial charge in [-0.2, -0.15) is 20.3 Å². The van der Waals surface area contributed by atoms with Crippen LogP contribution >= 0.6 is 0 Å². The Labute approximate surface area is 162 Å². The number of hydrogen-bond acceptors (Lipinski definition) is 6. The number of carbonyl (C=O) groups excluding carboxylic acids is 1. The normalized spacial score (nSPS) is 16.4. The Kier molecular flexibility index (Phi) is 4.97. The number of carbonyl (C=O) groups is 1. The van der Waals surface area contributed by atoms with Gasteiger partial charge in [-0.1, -0.05) is 12.1 Å². The van der Waals surface area contributed by atoms with Crippen LogP contribution in [0.25, 0.3) is 5.69 Å². The second-order valence-corrected chi connectivity index (χ2v) is 6.61. The number of nitrogens with zero attached hydrogens (tertiary/aromatic N) is 6. The van der Waals surface area contributed by atoms with E-state index in [1.807, 2.05) is 23.1 Å². The van der Waals surface area contributed by atoms with Crippen molar-refractivity contribution < 1.29 is 4.79 Å². The summed E-state index contributed by atoms with van der Waals surface area (Å²) in [5, 5.41) is 20.7. The van der Waals surface area contributed by atoms with Crippen molar-refractivity contribution in [3.63, 3.8) is 0 Å². The molecule has 1 amide bonds. The third-order valence-corrected chi connectivity index (χ3v) is 4.72. The van der Waals surface area contributed by atoms with Crippen LogP contribution in [-0.2, 0) is 0 Å². The van der Waals surface area contributed by atoms with Crippen LogP contribution in [-0.4, -0.2) is 49.9 Å². The van der Waals surface area contributed by atoms with E-state index in [-0.39, 0.29) is 11.9 Å². The minimum Gasteiger partial charge on any atom is -0.366 e. The molecule has 1 saturated heterocycles. The molecule has 1 N–H and O–H groups in total. The Hall–Kier alpha value is -3.73. The van der Waals surface area contributed by atoms with E-state index in [0.717, 1.165) is 12.8 Å². The molecule has 4 rings (SSSR count). The van der Waals surface area contributed by atoms with Crippen molar-refractivity contribution in [2.45, 2.75) is 18.9 Å². The van der Waals surface area contributed by atoms with E-state index in [2.05, 4.69) is 26.6 Å². The van der Waals surface area contributed by atoms with Gasteiger partial charge in [0, 0.05) is 25.3 Å². The first-order valence-corrected chi connectivity index (χ1v) is 9.12. The van der Waals surface area contributed by atoms with E-state index in [4.69, 9.17) is 5.26 Å². The number of hydrogen-bond donors (Lipinski definition) is 1. The van der Waals surface area contributed by atoms with Crippen molar-refractivity contribution in [1.29, 1.82) is 5.26 Å². The molecule has 2 aromatic heterocycles. The first kappa shape index (κ1) is 17.7. The number of benzene rings is 1. The van der Waals surface area contributed by atoms with E-state index in [1.54, 1.807) is 36.8 Å². The van der Waals surface area contributed by atoms with Gasteiger partial charge in [-0.3, -0.25) is 4.79 Å². The van der Waals surface area contributed by atoms with Crippen molar-refractivity contribution in [1.82, 2.24) is 24.9 Å². The van der Waals surface area contributed by atoms with Gasteiger partial charge >= 0.3 is 0 Å². The van der Waals surface area contributed by atoms with Crippen LogP contribution in [0.3, 0.4) is 0 Å². The fraction of sp³-hybridized carbons (Fsp3) is 0.250. The highest BCUT2D eigenvalue weighted by Gasteiger charge is 2.26. The number of nitriles is 1. The van der Waals surface area contributed by atoms with Gasteiger partial charge < -0.3 is 10.2 Å². The van der Waals surface area contributed by atoms with Gasteiger partial charge in [0.1, 0.15) is 5.82 Å². The molecule has 0 unspecified atom stereocenters. The average molecular weight is 373 g/mol. The number of nitrogens with one attached hydrogen (secondary N) is 1. The Bertz CT molecular complexity index is 1010. The Balaban J connectivity index is 1.51. The number of rotatable bonds is 4. The summed E-state index contributed by atoms with van der Waals surface area (Å²) in [7, 11) is 0. The van der Waals surface area contributed by atoms with Crippen molar-refractivity contribution >= 4 is 11.7 Å². The van der Waals surface area contributed by atoms with Gasteiger partial charge in [0.15, 0.2) is 0 Å². The molecule has 0 bridgehead atoms. The molecule has 8 nitrogen and oxygen atoms in total. The van der Waals surface area contributed by atoms with Gasteiger partial charge in [0.05, 0.1) is 35.3 Å². The minimum atomic E-state index is -0.0434. The molecule has 8 heteroatoms. The highest BCUT2D eigenvalue weighted by atomic mass is 16.2. The van der Waals surface area contributed by atoms with Crippen molar-refractivity contribution in [3.8, 4) is 11.8 Å². The smallest absolute Gasteiger partial charge is 0.256 e. The number of anilines is 1. The highest BCUT2D eigenvalue weighted by Crippen LogP contribution is 2.20. The Morgan fingerprint density at radius 3 is 2.82 bits per heavy atom. The molecule has 28 heavy (non-hydrogen) atoms. The standard InChI is InChI=1S/C20H19N7O/c21-13-15-7-8-22-19(12-15)25-16-4-3-11-26(14-16)20(28)17-5-1-2-6-18(17)27-23-9-10-24-27/h1-2,5-10,12,16H,3-4,11,14H2,(H,22,25)/t16-/m1/s1. The molecule has 1 atom stereocenters. The van der Waals surface area contributed by atoms with E-state index in [9.17, 15) is 4.79 Å². The number of aromatic nitrogens is 4. The van der Waals surface area contributed by atoms with Crippen LogP contribution in [0.2, 0.25) is 0 Å². The quantitative estimate of drug-likeness (QED) is 0.753. The predicted molar refractivity (Wildman–Crippen MR) is 103 cm³/mol. The number of piperidine rings is 1. The van der Waals surface area contributed by atoms with E-state index < -0.39 is 0 Å². The molecule has 0 saturated carbocycles. The molecule has 0 spiro atoms. The molecule has 140 valence electrons. The summed E-state index contributed by atoms with van der Waals surface area (Å²) in [4.78, 5) is 20.8. The van der Waals surface area contributed by atoms with Crippen LogP contribution in [0.4, 0.5) is 5.82 Å². The molecule has 0 radical (unpaired) electrons. The average Bonchev–Trinajstić information content (AvgIpc) is 3.28. The van der Waals surface area contributed by atoms with Crippen LogP contribution in [0.1, 0.15) is 28.8 Å². The van der Waals surface area contributed by atoms with Crippen molar-refractivity contribution in [2.75, 3.05) is 18.4 Å². The molecule has 1 aromatic carbocycles. The van der Waals surface area contributed by atoms with E-state index in [0.29, 0.717) is 35.7 Å². The van der Waals surface area contributed by atoms with Gasteiger partial charge in [0.25, 0.3) is 5.91 Å². The molecule has 1 fully saturated rings. The number of amides is 1. The maximum Gasteiger partial charge on any atom is 0.256 e. The second kappa shape index (κ2) is 7.88. The lowest BCUT2D eigenvalue weighted by atomic mass is 10.0. The minimum absolute atomic E-state index is 0.0434. The van der Waals surface area contributed by atoms with Crippen molar-refractivity contribution in [2.24, 2.45) is 0 Å². The molecule has 1 aliphatic heterocycles. The van der Waals surface area contributed by atoms with Crippen LogP contribution in [0, 0.1) is 11.3 Å². The summed E-state index contributed by atoms with van der Waals surface area (Å²) in [5.74, 6) is 0.609. The molecule has 3 aromatic rings. The predicted octanol–water partition coefficient (Wildman–Crippen LogP) is 2.25. The molecular formula is C20H19N7O. The fourth-order valence-corrected chi connectivity index (χ4v) is 3.41. The first-order valence-electron chi connectivity index (χ1n) is 9.12. The highest BCUT2D eigenvalue weighted by molar-refractivity contribution is 5.97. The third kappa shape index (κ3) is 3.69. The zero-order valence-electron chi connectivity index (χ0n) is 15.2. The largest absolute Gasteiger partial charge is 0.366 e.